The molecule has 0 unspecified atom stereocenters. The minimum atomic E-state index is -0.732. The van der Waals surface area contributed by atoms with Gasteiger partial charge in [0.2, 0.25) is 5.95 Å². The smallest absolute Gasteiger partial charge is 0.355 e. The van der Waals surface area contributed by atoms with Gasteiger partial charge in [-0.2, -0.15) is 4.68 Å². The number of nitrogens with zero attached hydrogens (tertiary/aromatic N) is 4. The van der Waals surface area contributed by atoms with Crippen LogP contribution in [0.1, 0.15) is 34.5 Å². The summed E-state index contributed by atoms with van der Waals surface area (Å²) in [6, 6.07) is 13.7. The molecule has 4 rings (SSSR count). The first-order valence-electron chi connectivity index (χ1n) is 9.75. The number of hydrogen-bond donors (Lipinski definition) is 1. The molecule has 0 amide bonds. The van der Waals surface area contributed by atoms with Crippen LogP contribution in [0, 0.1) is 6.92 Å². The molecule has 0 bridgehead atoms. The van der Waals surface area contributed by atoms with E-state index in [4.69, 9.17) is 9.47 Å². The van der Waals surface area contributed by atoms with Gasteiger partial charge in [0, 0.05) is 5.56 Å². The maximum atomic E-state index is 13.6. The second-order valence-corrected chi connectivity index (χ2v) is 6.95. The number of nitrogens with one attached hydrogen (secondary N) is 1. The molecule has 1 aliphatic rings. The van der Waals surface area contributed by atoms with E-state index < -0.39 is 12.0 Å². The summed E-state index contributed by atoms with van der Waals surface area (Å²) < 4.78 is 11.9. The Morgan fingerprint density at radius 1 is 1.10 bits per heavy atom. The molecule has 0 saturated heterocycles. The van der Waals surface area contributed by atoms with Crippen molar-refractivity contribution in [1.29, 1.82) is 0 Å². The fraction of sp³-hybridized carbons (Fsp3) is 0.227. The number of carbonyl (C=O) groups excluding carboxylic acids is 2. The van der Waals surface area contributed by atoms with Crippen molar-refractivity contribution in [2.45, 2.75) is 19.9 Å². The van der Waals surface area contributed by atoms with E-state index in [9.17, 15) is 9.59 Å². The predicted octanol–water partition coefficient (Wildman–Crippen LogP) is 2.71. The Labute approximate surface area is 178 Å². The fourth-order valence-electron chi connectivity index (χ4n) is 3.47. The molecule has 3 aromatic rings. The fourth-order valence-corrected chi connectivity index (χ4v) is 3.47. The average molecular weight is 419 g/mol. The monoisotopic (exact) mass is 419 g/mol. The number of methoxy groups -OCH3 is 1. The number of benzene rings is 2. The minimum absolute atomic E-state index is 0.00857. The lowest BCUT2D eigenvalue weighted by atomic mass is 9.89. The average Bonchev–Trinajstić information content (AvgIpc) is 3.26. The number of esters is 1. The summed E-state index contributed by atoms with van der Waals surface area (Å²) >= 11 is 0. The van der Waals surface area contributed by atoms with Crippen LogP contribution in [-0.2, 0) is 9.53 Å². The van der Waals surface area contributed by atoms with Gasteiger partial charge in [-0.1, -0.05) is 47.1 Å². The first-order valence-corrected chi connectivity index (χ1v) is 9.75. The van der Waals surface area contributed by atoms with Crippen molar-refractivity contribution in [3.05, 3.63) is 76.5 Å². The van der Waals surface area contributed by atoms with Crippen LogP contribution in [0.15, 0.2) is 59.8 Å². The molecule has 9 nitrogen and oxygen atoms in total. The van der Waals surface area contributed by atoms with Crippen molar-refractivity contribution in [3.8, 4) is 5.75 Å². The second-order valence-electron chi connectivity index (χ2n) is 6.95. The van der Waals surface area contributed by atoms with Gasteiger partial charge in [-0.05, 0) is 42.0 Å². The topological polar surface area (TPSA) is 108 Å². The quantitative estimate of drug-likeness (QED) is 0.480. The van der Waals surface area contributed by atoms with Crippen LogP contribution in [0.5, 0.6) is 5.75 Å². The number of hydrogen-bond acceptors (Lipinski definition) is 8. The minimum Gasteiger partial charge on any atom is -0.494 e. The molecule has 2 aromatic carbocycles. The molecule has 1 N–H and O–H groups in total. The molecule has 0 spiro atoms. The number of anilines is 1. The highest BCUT2D eigenvalue weighted by Crippen LogP contribution is 2.37. The highest BCUT2D eigenvalue weighted by atomic mass is 16.5. The molecule has 9 heteroatoms. The maximum Gasteiger partial charge on any atom is 0.355 e. The van der Waals surface area contributed by atoms with Crippen LogP contribution >= 0.6 is 0 Å². The first-order chi connectivity index (χ1) is 15.0. The molecular formula is C22H21N5O4. The van der Waals surface area contributed by atoms with Gasteiger partial charge in [-0.3, -0.25) is 4.79 Å². The van der Waals surface area contributed by atoms with E-state index in [-0.39, 0.29) is 23.0 Å². The number of fused-ring (bicyclic) bond motifs is 1. The van der Waals surface area contributed by atoms with E-state index in [1.54, 1.807) is 24.3 Å². The number of aryl methyl sites for hydroxylation is 1. The summed E-state index contributed by atoms with van der Waals surface area (Å²) in [5.74, 6) is -0.0750. The standard InChI is InChI=1S/C22H21N5O4/c1-4-31-16-11-9-14(10-12-16)19-17(20(28)15-7-5-13(2)6-8-15)18(21(29)30-3)23-22-24-25-26-27(19)22/h5-12,19H,4H2,1-3H3,(H,23,24,26)/t19-/m1/s1. The van der Waals surface area contributed by atoms with Crippen molar-refractivity contribution in [1.82, 2.24) is 20.2 Å². The normalized spacial score (nSPS) is 15.1. The number of carbonyl (C=O) groups is 2. The van der Waals surface area contributed by atoms with E-state index >= 15 is 0 Å². The summed E-state index contributed by atoms with van der Waals surface area (Å²) in [6.45, 7) is 4.37. The molecular weight excluding hydrogens is 398 g/mol. The molecule has 2 heterocycles. The Kier molecular flexibility index (Phi) is 5.48. The van der Waals surface area contributed by atoms with Crippen molar-refractivity contribution >= 4 is 17.7 Å². The Bertz CT molecular complexity index is 1150. The van der Waals surface area contributed by atoms with Crippen molar-refractivity contribution in [2.75, 3.05) is 19.0 Å². The van der Waals surface area contributed by atoms with E-state index in [1.165, 1.54) is 11.8 Å². The van der Waals surface area contributed by atoms with Crippen molar-refractivity contribution in [2.24, 2.45) is 0 Å². The molecule has 158 valence electrons. The highest BCUT2D eigenvalue weighted by Gasteiger charge is 2.38. The van der Waals surface area contributed by atoms with Gasteiger partial charge in [0.25, 0.3) is 0 Å². The number of ether oxygens (including phenoxy) is 2. The highest BCUT2D eigenvalue weighted by molar-refractivity contribution is 6.14. The third kappa shape index (κ3) is 3.77. The lowest BCUT2D eigenvalue weighted by molar-refractivity contribution is -0.136. The van der Waals surface area contributed by atoms with E-state index in [0.717, 1.165) is 11.1 Å². The van der Waals surface area contributed by atoms with Gasteiger partial charge < -0.3 is 14.8 Å². The third-order valence-corrected chi connectivity index (χ3v) is 4.97. The number of Topliss-reactive ketones (excluding diaryl/α,β-unsaturated/α-hetero) is 1. The zero-order valence-corrected chi connectivity index (χ0v) is 17.3. The number of aromatic nitrogens is 4. The molecule has 31 heavy (non-hydrogen) atoms. The van der Waals surface area contributed by atoms with Crippen molar-refractivity contribution < 1.29 is 19.1 Å². The summed E-state index contributed by atoms with van der Waals surface area (Å²) in [5, 5.41) is 14.6. The van der Waals surface area contributed by atoms with Gasteiger partial charge in [0.05, 0.1) is 19.3 Å². The summed E-state index contributed by atoms with van der Waals surface area (Å²) in [7, 11) is 1.26. The van der Waals surface area contributed by atoms with E-state index in [2.05, 4.69) is 20.8 Å². The zero-order chi connectivity index (χ0) is 22.0. The van der Waals surface area contributed by atoms with Crippen LogP contribution in [0.3, 0.4) is 0 Å². The number of allylic oxidation sites excluding steroid dienone is 1. The number of rotatable bonds is 6. The molecule has 1 atom stereocenters. The van der Waals surface area contributed by atoms with Crippen LogP contribution in [-0.4, -0.2) is 45.7 Å². The Morgan fingerprint density at radius 2 is 1.81 bits per heavy atom. The molecule has 0 fully saturated rings. The van der Waals surface area contributed by atoms with Gasteiger partial charge in [-0.25, -0.2) is 4.79 Å². The predicted molar refractivity (Wildman–Crippen MR) is 112 cm³/mol. The van der Waals surface area contributed by atoms with Crippen molar-refractivity contribution in [3.63, 3.8) is 0 Å². The van der Waals surface area contributed by atoms with Crippen LogP contribution < -0.4 is 10.1 Å². The van der Waals surface area contributed by atoms with Gasteiger partial charge in [-0.15, -0.1) is 0 Å². The Balaban J connectivity index is 1.89. The zero-order valence-electron chi connectivity index (χ0n) is 17.3. The van der Waals surface area contributed by atoms with Gasteiger partial charge in [0.1, 0.15) is 17.5 Å². The summed E-state index contributed by atoms with van der Waals surface area (Å²) in [4.78, 5) is 26.2. The molecule has 0 saturated carbocycles. The maximum absolute atomic E-state index is 13.6. The largest absolute Gasteiger partial charge is 0.494 e. The number of ketones is 1. The van der Waals surface area contributed by atoms with Gasteiger partial charge >= 0.3 is 5.97 Å². The molecule has 1 aliphatic heterocycles. The first kappa shape index (κ1) is 20.3. The summed E-state index contributed by atoms with van der Waals surface area (Å²) in [6.07, 6.45) is 0. The molecule has 0 aliphatic carbocycles. The third-order valence-electron chi connectivity index (χ3n) is 4.97. The molecule has 1 aromatic heterocycles. The van der Waals surface area contributed by atoms with Crippen LogP contribution in [0.4, 0.5) is 5.95 Å². The second kappa shape index (κ2) is 8.39. The Hall–Kier alpha value is -4.01. The van der Waals surface area contributed by atoms with E-state index in [0.29, 0.717) is 17.9 Å². The van der Waals surface area contributed by atoms with Gasteiger partial charge in [0.15, 0.2) is 5.78 Å². The SMILES string of the molecule is CCOc1ccc([C@@H]2C(C(=O)c3ccc(C)cc3)=C(C(=O)OC)Nc3nnnn32)cc1. The Morgan fingerprint density at radius 3 is 2.45 bits per heavy atom. The molecule has 0 radical (unpaired) electrons. The van der Waals surface area contributed by atoms with Crippen LogP contribution in [0.2, 0.25) is 0 Å². The van der Waals surface area contributed by atoms with Crippen LogP contribution in [0.25, 0.3) is 0 Å². The van der Waals surface area contributed by atoms with E-state index in [1.807, 2.05) is 38.1 Å². The summed E-state index contributed by atoms with van der Waals surface area (Å²) in [5.41, 5.74) is 2.38. The lowest BCUT2D eigenvalue weighted by Crippen LogP contribution is -2.32. The number of tetrazole rings is 1. The lowest BCUT2D eigenvalue weighted by Gasteiger charge is -2.28.